The summed E-state index contributed by atoms with van der Waals surface area (Å²) in [4.78, 5) is 12.8. The molecule has 1 aliphatic rings. The van der Waals surface area contributed by atoms with Gasteiger partial charge in [0.25, 0.3) is 0 Å². The highest BCUT2D eigenvalue weighted by Gasteiger charge is 2.22. The third kappa shape index (κ3) is 1.66. The number of nitrogens with zero attached hydrogens (tertiary/aromatic N) is 4. The Morgan fingerprint density at radius 1 is 1.33 bits per heavy atom. The van der Waals surface area contributed by atoms with Crippen molar-refractivity contribution in [2.45, 2.75) is 13.1 Å². The number of rotatable bonds is 2. The van der Waals surface area contributed by atoms with Crippen LogP contribution in [0.3, 0.4) is 0 Å². The summed E-state index contributed by atoms with van der Waals surface area (Å²) in [6.45, 7) is 1.78. The SMILES string of the molecule is O=Cc1cccc(F)c1N1CCn2cnnc2C1. The van der Waals surface area contributed by atoms with Gasteiger partial charge >= 0.3 is 0 Å². The van der Waals surface area contributed by atoms with Crippen molar-refractivity contribution in [3.05, 3.63) is 41.7 Å². The van der Waals surface area contributed by atoms with Crippen molar-refractivity contribution >= 4 is 12.0 Å². The lowest BCUT2D eigenvalue weighted by atomic mass is 10.1. The molecule has 3 rings (SSSR count). The molecule has 5 nitrogen and oxygen atoms in total. The molecule has 0 fully saturated rings. The van der Waals surface area contributed by atoms with Crippen LogP contribution in [-0.4, -0.2) is 27.6 Å². The van der Waals surface area contributed by atoms with Gasteiger partial charge in [0.1, 0.15) is 12.1 Å². The Morgan fingerprint density at radius 2 is 2.22 bits per heavy atom. The van der Waals surface area contributed by atoms with E-state index in [2.05, 4.69) is 10.2 Å². The van der Waals surface area contributed by atoms with Gasteiger partial charge in [0.15, 0.2) is 12.1 Å². The standard InChI is InChI=1S/C12H11FN4O/c13-10-3-1-2-9(7-18)12(10)16-4-5-17-8-14-15-11(17)6-16/h1-3,7-8H,4-6H2. The molecule has 92 valence electrons. The van der Waals surface area contributed by atoms with E-state index >= 15 is 0 Å². The van der Waals surface area contributed by atoms with Crippen LogP contribution < -0.4 is 4.90 Å². The Kier molecular flexibility index (Phi) is 2.55. The molecule has 2 aromatic rings. The smallest absolute Gasteiger partial charge is 0.152 e. The molecule has 0 saturated heterocycles. The number of aromatic nitrogens is 3. The van der Waals surface area contributed by atoms with Gasteiger partial charge in [-0.1, -0.05) is 6.07 Å². The topological polar surface area (TPSA) is 51.0 Å². The van der Waals surface area contributed by atoms with E-state index in [9.17, 15) is 9.18 Å². The Hall–Kier alpha value is -2.24. The van der Waals surface area contributed by atoms with Crippen LogP contribution in [0.5, 0.6) is 0 Å². The van der Waals surface area contributed by atoms with Crippen molar-refractivity contribution in [1.82, 2.24) is 14.8 Å². The average Bonchev–Trinajstić information content (AvgIpc) is 2.85. The van der Waals surface area contributed by atoms with Gasteiger partial charge in [-0.05, 0) is 12.1 Å². The summed E-state index contributed by atoms with van der Waals surface area (Å²) in [5.74, 6) is 0.397. The normalized spacial score (nSPS) is 14.4. The number of fused-ring (bicyclic) bond motifs is 1. The number of benzene rings is 1. The van der Waals surface area contributed by atoms with Gasteiger partial charge in [-0.25, -0.2) is 4.39 Å². The van der Waals surface area contributed by atoms with Gasteiger partial charge in [-0.3, -0.25) is 4.79 Å². The fourth-order valence-electron chi connectivity index (χ4n) is 2.22. The molecule has 0 N–H and O–H groups in total. The summed E-state index contributed by atoms with van der Waals surface area (Å²) in [5.41, 5.74) is 0.713. The lowest BCUT2D eigenvalue weighted by Crippen LogP contribution is -2.34. The molecule has 0 amide bonds. The monoisotopic (exact) mass is 246 g/mol. The van der Waals surface area contributed by atoms with Crippen LogP contribution in [0, 0.1) is 5.82 Å². The predicted molar refractivity (Wildman–Crippen MR) is 62.9 cm³/mol. The summed E-state index contributed by atoms with van der Waals surface area (Å²) in [6.07, 6.45) is 2.34. The van der Waals surface area contributed by atoms with Crippen LogP contribution in [0.1, 0.15) is 16.2 Å². The fourth-order valence-corrected chi connectivity index (χ4v) is 2.22. The third-order valence-corrected chi connectivity index (χ3v) is 3.10. The number of aldehydes is 1. The van der Waals surface area contributed by atoms with Gasteiger partial charge < -0.3 is 9.47 Å². The fraction of sp³-hybridized carbons (Fsp3) is 0.250. The first kappa shape index (κ1) is 10.9. The molecule has 1 aromatic carbocycles. The zero-order valence-electron chi connectivity index (χ0n) is 9.58. The average molecular weight is 246 g/mol. The van der Waals surface area contributed by atoms with E-state index in [1.54, 1.807) is 12.4 Å². The maximum atomic E-state index is 13.9. The summed E-state index contributed by atoms with van der Waals surface area (Å²) in [5, 5.41) is 7.80. The molecule has 0 unspecified atom stereocenters. The number of hydrogen-bond donors (Lipinski definition) is 0. The number of carbonyl (C=O) groups is 1. The molecule has 0 spiro atoms. The molecular weight excluding hydrogens is 235 g/mol. The van der Waals surface area contributed by atoms with Crippen LogP contribution >= 0.6 is 0 Å². The van der Waals surface area contributed by atoms with Gasteiger partial charge in [0.2, 0.25) is 0 Å². The van der Waals surface area contributed by atoms with E-state index in [4.69, 9.17) is 0 Å². The molecule has 0 saturated carbocycles. The Bertz CT molecular complexity index is 596. The highest BCUT2D eigenvalue weighted by molar-refractivity contribution is 5.84. The molecule has 18 heavy (non-hydrogen) atoms. The molecule has 2 heterocycles. The quantitative estimate of drug-likeness (QED) is 0.748. The minimum absolute atomic E-state index is 0.349. The van der Waals surface area contributed by atoms with Crippen molar-refractivity contribution in [3.63, 3.8) is 0 Å². The first-order chi connectivity index (χ1) is 8.79. The zero-order valence-corrected chi connectivity index (χ0v) is 9.58. The molecule has 0 bridgehead atoms. The van der Waals surface area contributed by atoms with Crippen LogP contribution in [0.15, 0.2) is 24.5 Å². The van der Waals surface area contributed by atoms with E-state index in [0.29, 0.717) is 37.2 Å². The summed E-state index contributed by atoms with van der Waals surface area (Å²) >= 11 is 0. The molecule has 1 aliphatic heterocycles. The van der Waals surface area contributed by atoms with Gasteiger partial charge in [-0.2, -0.15) is 0 Å². The summed E-state index contributed by atoms with van der Waals surface area (Å²) in [6, 6.07) is 4.52. The van der Waals surface area contributed by atoms with E-state index in [-0.39, 0.29) is 5.82 Å². The van der Waals surface area contributed by atoms with E-state index in [1.807, 2.05) is 9.47 Å². The highest BCUT2D eigenvalue weighted by Crippen LogP contribution is 2.26. The lowest BCUT2D eigenvalue weighted by Gasteiger charge is -2.30. The van der Waals surface area contributed by atoms with Crippen molar-refractivity contribution in [3.8, 4) is 0 Å². The first-order valence-corrected chi connectivity index (χ1v) is 5.65. The maximum Gasteiger partial charge on any atom is 0.152 e. The second-order valence-electron chi connectivity index (χ2n) is 4.16. The zero-order chi connectivity index (χ0) is 12.5. The summed E-state index contributed by atoms with van der Waals surface area (Å²) in [7, 11) is 0. The van der Waals surface area contributed by atoms with Crippen LogP contribution in [0.4, 0.5) is 10.1 Å². The van der Waals surface area contributed by atoms with Crippen LogP contribution in [-0.2, 0) is 13.1 Å². The Morgan fingerprint density at radius 3 is 3.06 bits per heavy atom. The molecule has 0 aliphatic carbocycles. The van der Waals surface area contributed by atoms with E-state index in [1.165, 1.54) is 12.1 Å². The third-order valence-electron chi connectivity index (χ3n) is 3.10. The van der Waals surface area contributed by atoms with Crippen molar-refractivity contribution in [2.75, 3.05) is 11.4 Å². The van der Waals surface area contributed by atoms with Crippen LogP contribution in [0.2, 0.25) is 0 Å². The predicted octanol–water partition coefficient (Wildman–Crippen LogP) is 1.25. The minimum Gasteiger partial charge on any atom is -0.359 e. The van der Waals surface area contributed by atoms with Crippen molar-refractivity contribution in [1.29, 1.82) is 0 Å². The minimum atomic E-state index is -0.382. The largest absolute Gasteiger partial charge is 0.359 e. The first-order valence-electron chi connectivity index (χ1n) is 5.65. The second-order valence-corrected chi connectivity index (χ2v) is 4.16. The van der Waals surface area contributed by atoms with E-state index in [0.717, 1.165) is 5.82 Å². The molecular formula is C12H11FN4O. The van der Waals surface area contributed by atoms with Crippen molar-refractivity contribution < 1.29 is 9.18 Å². The molecule has 0 atom stereocenters. The highest BCUT2D eigenvalue weighted by atomic mass is 19.1. The molecule has 1 aromatic heterocycles. The Balaban J connectivity index is 2.00. The molecule has 6 heteroatoms. The van der Waals surface area contributed by atoms with Crippen LogP contribution in [0.25, 0.3) is 0 Å². The van der Waals surface area contributed by atoms with Gasteiger partial charge in [-0.15, -0.1) is 10.2 Å². The number of anilines is 1. The van der Waals surface area contributed by atoms with Gasteiger partial charge in [0, 0.05) is 18.7 Å². The number of hydrogen-bond acceptors (Lipinski definition) is 4. The molecule has 0 radical (unpaired) electrons. The number of halogens is 1. The summed E-state index contributed by atoms with van der Waals surface area (Å²) < 4.78 is 15.8. The van der Waals surface area contributed by atoms with Gasteiger partial charge in [0.05, 0.1) is 12.2 Å². The van der Waals surface area contributed by atoms with Crippen molar-refractivity contribution in [2.24, 2.45) is 0 Å². The second kappa shape index (κ2) is 4.21. The lowest BCUT2D eigenvalue weighted by molar-refractivity contribution is 0.112. The Labute approximate surface area is 103 Å². The maximum absolute atomic E-state index is 13.9. The number of para-hydroxylation sites is 1. The van der Waals surface area contributed by atoms with E-state index < -0.39 is 0 Å². The number of carbonyl (C=O) groups excluding carboxylic acids is 1.